The minimum atomic E-state index is -0.113. The van der Waals surface area contributed by atoms with Crippen molar-refractivity contribution in [3.63, 3.8) is 0 Å². The summed E-state index contributed by atoms with van der Waals surface area (Å²) in [6.45, 7) is 7.54. The van der Waals surface area contributed by atoms with Gasteiger partial charge in [0.15, 0.2) is 0 Å². The number of ether oxygens (including phenoxy) is 2. The Kier molecular flexibility index (Phi) is 4.85. The van der Waals surface area contributed by atoms with E-state index in [2.05, 4.69) is 13.8 Å². The third-order valence-electron chi connectivity index (χ3n) is 2.72. The van der Waals surface area contributed by atoms with Crippen molar-refractivity contribution in [1.82, 2.24) is 0 Å². The van der Waals surface area contributed by atoms with Crippen molar-refractivity contribution < 1.29 is 9.47 Å². The van der Waals surface area contributed by atoms with Crippen LogP contribution in [0.25, 0.3) is 0 Å². The Morgan fingerprint density at radius 2 is 2.21 bits per heavy atom. The van der Waals surface area contributed by atoms with Crippen LogP contribution in [0.1, 0.15) is 33.1 Å². The monoisotopic (exact) mass is 201 g/mol. The highest BCUT2D eigenvalue weighted by molar-refractivity contribution is 4.87. The van der Waals surface area contributed by atoms with Gasteiger partial charge in [0.05, 0.1) is 6.61 Å². The van der Waals surface area contributed by atoms with Crippen molar-refractivity contribution >= 4 is 0 Å². The highest BCUT2D eigenvalue weighted by Gasteiger charge is 2.29. The van der Waals surface area contributed by atoms with Crippen LogP contribution in [0.3, 0.4) is 0 Å². The second-order valence-electron chi connectivity index (χ2n) is 4.71. The van der Waals surface area contributed by atoms with Crippen molar-refractivity contribution in [2.75, 3.05) is 26.4 Å². The lowest BCUT2D eigenvalue weighted by Crippen LogP contribution is -2.41. The molecule has 3 heteroatoms. The molecule has 0 saturated carbocycles. The van der Waals surface area contributed by atoms with E-state index in [4.69, 9.17) is 15.2 Å². The first-order chi connectivity index (χ1) is 6.62. The number of rotatable bonds is 6. The van der Waals surface area contributed by atoms with Gasteiger partial charge in [-0.25, -0.2) is 0 Å². The Bertz CT molecular complexity index is 153. The van der Waals surface area contributed by atoms with E-state index >= 15 is 0 Å². The molecule has 0 aromatic rings. The van der Waals surface area contributed by atoms with Gasteiger partial charge >= 0.3 is 0 Å². The van der Waals surface area contributed by atoms with Crippen molar-refractivity contribution in [2.24, 2.45) is 11.7 Å². The molecule has 1 rings (SSSR count). The summed E-state index contributed by atoms with van der Waals surface area (Å²) in [4.78, 5) is 0. The average Bonchev–Trinajstić information content (AvgIpc) is 2.51. The molecule has 0 amide bonds. The lowest BCUT2D eigenvalue weighted by atomic mass is 9.97. The van der Waals surface area contributed by atoms with Crippen LogP contribution in [0, 0.1) is 5.92 Å². The van der Waals surface area contributed by atoms with Crippen LogP contribution < -0.4 is 5.73 Å². The van der Waals surface area contributed by atoms with E-state index in [1.54, 1.807) is 0 Å². The summed E-state index contributed by atoms with van der Waals surface area (Å²) in [5, 5.41) is 0. The maximum absolute atomic E-state index is 6.10. The molecule has 0 bridgehead atoms. The molecule has 1 aliphatic heterocycles. The zero-order valence-corrected chi connectivity index (χ0v) is 9.42. The summed E-state index contributed by atoms with van der Waals surface area (Å²) < 4.78 is 10.8. The average molecular weight is 201 g/mol. The maximum Gasteiger partial charge on any atom is 0.0647 e. The third kappa shape index (κ3) is 4.40. The molecule has 1 atom stereocenters. The molecule has 1 heterocycles. The molecule has 3 nitrogen and oxygen atoms in total. The number of hydrogen-bond donors (Lipinski definition) is 1. The molecule has 14 heavy (non-hydrogen) atoms. The van der Waals surface area contributed by atoms with Crippen LogP contribution in [-0.2, 0) is 9.47 Å². The van der Waals surface area contributed by atoms with Crippen LogP contribution in [0.15, 0.2) is 0 Å². The van der Waals surface area contributed by atoms with Crippen molar-refractivity contribution in [3.05, 3.63) is 0 Å². The summed E-state index contributed by atoms with van der Waals surface area (Å²) in [5.41, 5.74) is 5.98. The Morgan fingerprint density at radius 1 is 1.43 bits per heavy atom. The van der Waals surface area contributed by atoms with Gasteiger partial charge < -0.3 is 15.2 Å². The molecule has 0 aromatic heterocycles. The predicted octanol–water partition coefficient (Wildman–Crippen LogP) is 1.56. The Labute approximate surface area is 86.9 Å². The molecule has 1 unspecified atom stereocenters. The second-order valence-corrected chi connectivity index (χ2v) is 4.71. The lowest BCUT2D eigenvalue weighted by Gasteiger charge is -2.21. The number of hydrogen-bond acceptors (Lipinski definition) is 3. The SMILES string of the molecule is CC(C)CCOCCC1(N)CCOC1. The second kappa shape index (κ2) is 5.69. The topological polar surface area (TPSA) is 44.5 Å². The predicted molar refractivity (Wildman–Crippen MR) is 57.2 cm³/mol. The first-order valence-corrected chi connectivity index (χ1v) is 5.57. The van der Waals surface area contributed by atoms with Crippen LogP contribution in [0.4, 0.5) is 0 Å². The summed E-state index contributed by atoms with van der Waals surface area (Å²) in [6, 6.07) is 0. The first kappa shape index (κ1) is 12.0. The molecule has 0 radical (unpaired) electrons. The standard InChI is InChI=1S/C11H23NO2/c1-10(2)3-6-13-7-4-11(12)5-8-14-9-11/h10H,3-9,12H2,1-2H3. The summed E-state index contributed by atoms with van der Waals surface area (Å²) in [6.07, 6.45) is 3.03. The molecule has 0 spiro atoms. The van der Waals surface area contributed by atoms with Gasteiger partial charge in [0, 0.05) is 25.4 Å². The van der Waals surface area contributed by atoms with Gasteiger partial charge in [-0.3, -0.25) is 0 Å². The fourth-order valence-corrected chi connectivity index (χ4v) is 1.52. The zero-order valence-electron chi connectivity index (χ0n) is 9.42. The Morgan fingerprint density at radius 3 is 2.79 bits per heavy atom. The minimum absolute atomic E-state index is 0.113. The quantitative estimate of drug-likeness (QED) is 0.663. The van der Waals surface area contributed by atoms with Gasteiger partial charge in [-0.2, -0.15) is 0 Å². The molecule has 0 aliphatic carbocycles. The molecular formula is C11H23NO2. The van der Waals surface area contributed by atoms with Crippen molar-refractivity contribution in [1.29, 1.82) is 0 Å². The molecule has 1 fully saturated rings. The first-order valence-electron chi connectivity index (χ1n) is 5.57. The van der Waals surface area contributed by atoms with Crippen molar-refractivity contribution in [2.45, 2.75) is 38.6 Å². The third-order valence-corrected chi connectivity index (χ3v) is 2.72. The van der Waals surface area contributed by atoms with E-state index < -0.39 is 0 Å². The molecule has 1 aliphatic rings. The van der Waals surface area contributed by atoms with Crippen LogP contribution in [0.5, 0.6) is 0 Å². The van der Waals surface area contributed by atoms with Gasteiger partial charge in [0.25, 0.3) is 0 Å². The van der Waals surface area contributed by atoms with E-state index in [0.717, 1.165) is 45.0 Å². The molecule has 1 saturated heterocycles. The minimum Gasteiger partial charge on any atom is -0.381 e. The highest BCUT2D eigenvalue weighted by atomic mass is 16.5. The summed E-state index contributed by atoms with van der Waals surface area (Å²) in [7, 11) is 0. The highest BCUT2D eigenvalue weighted by Crippen LogP contribution is 2.19. The fraction of sp³-hybridized carbons (Fsp3) is 1.00. The lowest BCUT2D eigenvalue weighted by molar-refractivity contribution is 0.0992. The molecule has 84 valence electrons. The Balaban J connectivity index is 1.98. The normalized spacial score (nSPS) is 27.4. The Hall–Kier alpha value is -0.120. The van der Waals surface area contributed by atoms with E-state index in [1.807, 2.05) is 0 Å². The van der Waals surface area contributed by atoms with Gasteiger partial charge in [-0.15, -0.1) is 0 Å². The molecule has 2 N–H and O–H groups in total. The van der Waals surface area contributed by atoms with Gasteiger partial charge in [-0.05, 0) is 25.2 Å². The number of nitrogens with two attached hydrogens (primary N) is 1. The zero-order chi connectivity index (χ0) is 10.4. The van der Waals surface area contributed by atoms with E-state index in [1.165, 1.54) is 0 Å². The van der Waals surface area contributed by atoms with Crippen LogP contribution >= 0.6 is 0 Å². The van der Waals surface area contributed by atoms with Crippen LogP contribution in [0.2, 0.25) is 0 Å². The smallest absolute Gasteiger partial charge is 0.0647 e. The summed E-state index contributed by atoms with van der Waals surface area (Å²) >= 11 is 0. The fourth-order valence-electron chi connectivity index (χ4n) is 1.52. The van der Waals surface area contributed by atoms with Gasteiger partial charge in [-0.1, -0.05) is 13.8 Å². The van der Waals surface area contributed by atoms with E-state index in [-0.39, 0.29) is 5.54 Å². The van der Waals surface area contributed by atoms with E-state index in [9.17, 15) is 0 Å². The molecule has 0 aromatic carbocycles. The van der Waals surface area contributed by atoms with E-state index in [0.29, 0.717) is 6.61 Å². The maximum atomic E-state index is 6.10. The largest absolute Gasteiger partial charge is 0.381 e. The van der Waals surface area contributed by atoms with Crippen LogP contribution in [-0.4, -0.2) is 32.0 Å². The molecular weight excluding hydrogens is 178 g/mol. The summed E-state index contributed by atoms with van der Waals surface area (Å²) in [5.74, 6) is 0.719. The van der Waals surface area contributed by atoms with Gasteiger partial charge in [0.2, 0.25) is 0 Å². The van der Waals surface area contributed by atoms with Crippen molar-refractivity contribution in [3.8, 4) is 0 Å². The van der Waals surface area contributed by atoms with Gasteiger partial charge in [0.1, 0.15) is 0 Å².